The molecule has 1 N–H and O–H groups in total. The zero-order valence-corrected chi connectivity index (χ0v) is 18.2. The minimum atomic E-state index is -0.311. The first-order valence-electron chi connectivity index (χ1n) is 10.7. The number of phenolic OH excluding ortho intramolecular Hbond substituents is 1. The Kier molecular flexibility index (Phi) is 6.03. The third-order valence-corrected chi connectivity index (χ3v) is 5.57. The number of hydrogen-bond acceptors (Lipinski definition) is 4. The van der Waals surface area contributed by atoms with Crippen LogP contribution in [-0.2, 0) is 17.8 Å². The van der Waals surface area contributed by atoms with Crippen molar-refractivity contribution in [3.05, 3.63) is 88.7 Å². The second kappa shape index (κ2) is 9.06. The molecule has 0 unspecified atom stereocenters. The Labute approximate surface area is 186 Å². The van der Waals surface area contributed by atoms with Gasteiger partial charge in [-0.2, -0.15) is 5.10 Å². The number of carbonyl (C=O) groups excluding carboxylic acids is 1. The summed E-state index contributed by atoms with van der Waals surface area (Å²) in [6, 6.07) is 21.7. The number of aryl methyl sites for hydroxylation is 1. The molecule has 32 heavy (non-hydrogen) atoms. The average Bonchev–Trinajstić information content (AvgIpc) is 2.82. The van der Waals surface area contributed by atoms with Gasteiger partial charge in [-0.3, -0.25) is 9.59 Å². The summed E-state index contributed by atoms with van der Waals surface area (Å²) in [7, 11) is 0. The van der Waals surface area contributed by atoms with Crippen molar-refractivity contribution in [2.24, 2.45) is 0 Å². The van der Waals surface area contributed by atoms with Crippen LogP contribution in [0.2, 0.25) is 0 Å². The van der Waals surface area contributed by atoms with Crippen molar-refractivity contribution in [3.8, 4) is 17.0 Å². The van der Waals surface area contributed by atoms with Crippen LogP contribution in [0.4, 0.5) is 5.69 Å². The fourth-order valence-corrected chi connectivity index (χ4v) is 3.80. The summed E-state index contributed by atoms with van der Waals surface area (Å²) < 4.78 is 1.23. The van der Waals surface area contributed by atoms with Crippen LogP contribution in [0.5, 0.6) is 5.75 Å². The number of amides is 1. The van der Waals surface area contributed by atoms with Gasteiger partial charge >= 0.3 is 0 Å². The molecular formula is C26H25N3O3. The summed E-state index contributed by atoms with van der Waals surface area (Å²) in [5, 5.41) is 15.4. The number of phenols is 1. The maximum atomic E-state index is 13.2. The summed E-state index contributed by atoms with van der Waals surface area (Å²) in [4.78, 5) is 28.0. The summed E-state index contributed by atoms with van der Waals surface area (Å²) in [5.74, 6) is -0.0625. The quantitative estimate of drug-likeness (QED) is 0.495. The molecule has 4 rings (SSSR count). The lowest BCUT2D eigenvalue weighted by Gasteiger charge is -2.22. The second-order valence-electron chi connectivity index (χ2n) is 7.56. The van der Waals surface area contributed by atoms with Crippen molar-refractivity contribution in [3.63, 3.8) is 0 Å². The Balaban J connectivity index is 1.75. The van der Waals surface area contributed by atoms with E-state index in [1.807, 2.05) is 43.3 Å². The van der Waals surface area contributed by atoms with Crippen LogP contribution in [0.1, 0.15) is 19.4 Å². The molecule has 0 saturated carbocycles. The number of fused-ring (bicyclic) bond motifs is 1. The molecule has 162 valence electrons. The number of benzene rings is 3. The monoisotopic (exact) mass is 427 g/mol. The molecule has 1 heterocycles. The highest BCUT2D eigenvalue weighted by atomic mass is 16.3. The Bertz CT molecular complexity index is 1310. The van der Waals surface area contributed by atoms with Crippen LogP contribution >= 0.6 is 0 Å². The van der Waals surface area contributed by atoms with Crippen LogP contribution in [0.25, 0.3) is 22.0 Å². The van der Waals surface area contributed by atoms with E-state index in [1.165, 1.54) is 10.2 Å². The molecule has 0 bridgehead atoms. The van der Waals surface area contributed by atoms with Crippen molar-refractivity contribution >= 4 is 22.4 Å². The molecule has 0 radical (unpaired) electrons. The van der Waals surface area contributed by atoms with E-state index < -0.39 is 0 Å². The summed E-state index contributed by atoms with van der Waals surface area (Å²) in [5.41, 5.74) is 3.02. The lowest BCUT2D eigenvalue weighted by molar-refractivity contribution is -0.119. The van der Waals surface area contributed by atoms with Crippen molar-refractivity contribution in [2.45, 2.75) is 26.8 Å². The van der Waals surface area contributed by atoms with Crippen molar-refractivity contribution in [2.75, 3.05) is 11.4 Å². The number of aromatic hydroxyl groups is 1. The minimum Gasteiger partial charge on any atom is -0.508 e. The first-order valence-corrected chi connectivity index (χ1v) is 10.7. The van der Waals surface area contributed by atoms with Gasteiger partial charge in [-0.1, -0.05) is 37.3 Å². The summed E-state index contributed by atoms with van der Waals surface area (Å²) in [6.07, 6.45) is 0.927. The largest absolute Gasteiger partial charge is 0.508 e. The van der Waals surface area contributed by atoms with Gasteiger partial charge in [-0.25, -0.2) is 4.68 Å². The molecule has 1 amide bonds. The molecule has 6 nitrogen and oxygen atoms in total. The van der Waals surface area contributed by atoms with E-state index in [2.05, 4.69) is 12.0 Å². The van der Waals surface area contributed by atoms with E-state index in [4.69, 9.17) is 0 Å². The Morgan fingerprint density at radius 1 is 0.938 bits per heavy atom. The standard InChI is InChI=1S/C26H25N3O3/c1-3-18-9-13-20(14-10-18)28(4-2)24(31)17-29-26(32)23-8-6-5-7-22(23)25(27-29)19-11-15-21(30)16-12-19/h5-16,30H,3-4,17H2,1-2H3. The molecule has 0 aliphatic carbocycles. The number of rotatable bonds is 6. The molecule has 6 heteroatoms. The van der Waals surface area contributed by atoms with Gasteiger partial charge in [0.05, 0.1) is 11.1 Å². The van der Waals surface area contributed by atoms with E-state index >= 15 is 0 Å². The normalized spacial score (nSPS) is 10.9. The number of nitrogens with zero attached hydrogens (tertiary/aromatic N) is 3. The molecule has 1 aromatic heterocycles. The minimum absolute atomic E-state index is 0.147. The van der Waals surface area contributed by atoms with Gasteiger partial charge in [0.1, 0.15) is 12.3 Å². The molecule has 4 aromatic rings. The van der Waals surface area contributed by atoms with Gasteiger partial charge < -0.3 is 10.0 Å². The van der Waals surface area contributed by atoms with Crippen LogP contribution < -0.4 is 10.5 Å². The molecule has 0 aliphatic rings. The number of carbonyl (C=O) groups is 1. The third-order valence-electron chi connectivity index (χ3n) is 5.57. The number of hydrogen-bond donors (Lipinski definition) is 1. The third kappa shape index (κ3) is 4.12. The van der Waals surface area contributed by atoms with Gasteiger partial charge in [0.2, 0.25) is 5.91 Å². The predicted molar refractivity (Wildman–Crippen MR) is 127 cm³/mol. The van der Waals surface area contributed by atoms with Crippen molar-refractivity contribution < 1.29 is 9.90 Å². The first kappa shape index (κ1) is 21.3. The van der Waals surface area contributed by atoms with Gasteiger partial charge in [0, 0.05) is 23.2 Å². The maximum Gasteiger partial charge on any atom is 0.275 e. The fraction of sp³-hybridized carbons (Fsp3) is 0.192. The molecule has 0 aliphatic heterocycles. The highest BCUT2D eigenvalue weighted by molar-refractivity contribution is 5.95. The van der Waals surface area contributed by atoms with E-state index in [0.29, 0.717) is 23.0 Å². The fourth-order valence-electron chi connectivity index (χ4n) is 3.80. The van der Waals surface area contributed by atoms with Crippen LogP contribution in [0.15, 0.2) is 77.6 Å². The molecule has 0 fully saturated rings. The van der Waals surface area contributed by atoms with Gasteiger partial charge in [0.25, 0.3) is 5.56 Å². The smallest absolute Gasteiger partial charge is 0.275 e. The molecule has 3 aromatic carbocycles. The summed E-state index contributed by atoms with van der Waals surface area (Å²) in [6.45, 7) is 4.31. The van der Waals surface area contributed by atoms with E-state index in [-0.39, 0.29) is 23.8 Å². The Hall–Kier alpha value is -3.93. The predicted octanol–water partition coefficient (Wildman–Crippen LogP) is 4.38. The Morgan fingerprint density at radius 2 is 1.59 bits per heavy atom. The lowest BCUT2D eigenvalue weighted by Crippen LogP contribution is -2.37. The molecular weight excluding hydrogens is 402 g/mol. The van der Waals surface area contributed by atoms with Gasteiger partial charge in [-0.05, 0) is 61.4 Å². The van der Waals surface area contributed by atoms with Gasteiger partial charge in [0.15, 0.2) is 0 Å². The zero-order chi connectivity index (χ0) is 22.7. The van der Waals surface area contributed by atoms with Crippen LogP contribution in [-0.4, -0.2) is 27.3 Å². The van der Waals surface area contributed by atoms with E-state index in [0.717, 1.165) is 17.7 Å². The highest BCUT2D eigenvalue weighted by Gasteiger charge is 2.18. The highest BCUT2D eigenvalue weighted by Crippen LogP contribution is 2.26. The maximum absolute atomic E-state index is 13.2. The van der Waals surface area contributed by atoms with Crippen molar-refractivity contribution in [1.29, 1.82) is 0 Å². The van der Waals surface area contributed by atoms with Gasteiger partial charge in [-0.15, -0.1) is 0 Å². The molecule has 0 saturated heterocycles. The van der Waals surface area contributed by atoms with E-state index in [1.54, 1.807) is 41.3 Å². The average molecular weight is 428 g/mol. The number of anilines is 1. The number of likely N-dealkylation sites (N-methyl/N-ethyl adjacent to an activating group) is 1. The Morgan fingerprint density at radius 3 is 2.22 bits per heavy atom. The lowest BCUT2D eigenvalue weighted by atomic mass is 10.0. The van der Waals surface area contributed by atoms with Crippen molar-refractivity contribution in [1.82, 2.24) is 9.78 Å². The number of aromatic nitrogens is 2. The zero-order valence-electron chi connectivity index (χ0n) is 18.2. The first-order chi connectivity index (χ1) is 15.5. The molecule has 0 spiro atoms. The van der Waals surface area contributed by atoms with Crippen LogP contribution in [0.3, 0.4) is 0 Å². The summed E-state index contributed by atoms with van der Waals surface area (Å²) >= 11 is 0. The topological polar surface area (TPSA) is 75.4 Å². The SMILES string of the molecule is CCc1ccc(N(CC)C(=O)Cn2nc(-c3ccc(O)cc3)c3ccccc3c2=O)cc1. The van der Waals surface area contributed by atoms with Crippen LogP contribution in [0, 0.1) is 0 Å². The van der Waals surface area contributed by atoms with E-state index in [9.17, 15) is 14.7 Å². The molecule has 0 atom stereocenters. The second-order valence-corrected chi connectivity index (χ2v) is 7.56.